The number of hydrogen-bond donors (Lipinski definition) is 2. The van der Waals surface area contributed by atoms with Crippen LogP contribution < -0.4 is 0 Å². The molecule has 0 aliphatic heterocycles. The number of carbonyl (C=O) groups excluding carboxylic acids is 3. The molecule has 0 saturated carbocycles. The molecule has 0 aliphatic rings. The number of esters is 3. The maximum atomic E-state index is 12.8. The summed E-state index contributed by atoms with van der Waals surface area (Å²) in [5.41, 5.74) is 0. The highest BCUT2D eigenvalue weighted by Gasteiger charge is 2.28. The Labute approximate surface area is 378 Å². The summed E-state index contributed by atoms with van der Waals surface area (Å²) in [6.07, 6.45) is 41.5. The smallest absolute Gasteiger partial charge is 0.462 e. The van der Waals surface area contributed by atoms with Gasteiger partial charge in [-0.05, 0) is 70.6 Å². The predicted molar refractivity (Wildman–Crippen MR) is 252 cm³/mol. The third kappa shape index (κ3) is 43.2. The second-order valence-electron chi connectivity index (χ2n) is 17.0. The van der Waals surface area contributed by atoms with Crippen molar-refractivity contribution in [3.05, 3.63) is 24.3 Å². The fourth-order valence-corrected chi connectivity index (χ4v) is 7.72. The van der Waals surface area contributed by atoms with Gasteiger partial charge in [-0.2, -0.15) is 0 Å². The number of aliphatic hydroxyl groups is 1. The molecule has 0 amide bonds. The third-order valence-corrected chi connectivity index (χ3v) is 11.8. The van der Waals surface area contributed by atoms with E-state index >= 15 is 0 Å². The topological polar surface area (TPSA) is 155 Å². The monoisotopic (exact) mass is 901 g/mol. The summed E-state index contributed by atoms with van der Waals surface area (Å²) in [6.45, 7) is 4.57. The highest BCUT2D eigenvalue weighted by molar-refractivity contribution is 7.47. The van der Waals surface area contributed by atoms with Crippen molar-refractivity contribution >= 4 is 25.7 Å². The lowest BCUT2D eigenvalue weighted by atomic mass is 10.1. The van der Waals surface area contributed by atoms with Gasteiger partial charge in [-0.15, -0.1) is 0 Å². The Balaban J connectivity index is 4.70. The average molecular weight is 901 g/mol. The van der Waals surface area contributed by atoms with E-state index in [1.165, 1.54) is 83.5 Å². The van der Waals surface area contributed by atoms with Crippen molar-refractivity contribution in [3.8, 4) is 0 Å². The molecule has 364 valence electrons. The Morgan fingerprint density at radius 1 is 0.435 bits per heavy atom. The van der Waals surface area contributed by atoms with E-state index in [1.54, 1.807) is 0 Å². The second-order valence-corrected chi connectivity index (χ2v) is 18.4. The fourth-order valence-electron chi connectivity index (χ4n) is 6.93. The first-order valence-corrected chi connectivity index (χ1v) is 26.7. The molecule has 3 atom stereocenters. The zero-order valence-corrected chi connectivity index (χ0v) is 40.7. The summed E-state index contributed by atoms with van der Waals surface area (Å²) >= 11 is 0. The van der Waals surface area contributed by atoms with Crippen molar-refractivity contribution in [1.29, 1.82) is 0 Å². The molecule has 2 N–H and O–H groups in total. The quantitative estimate of drug-likeness (QED) is 0.0197. The van der Waals surface area contributed by atoms with E-state index in [2.05, 4.69) is 45.1 Å². The lowest BCUT2D eigenvalue weighted by Gasteiger charge is -2.21. The van der Waals surface area contributed by atoms with Crippen LogP contribution in [0.3, 0.4) is 0 Å². The standard InChI is InChI=1S/C50H93O11P/c1-4-7-10-13-16-19-21-23-25-28-31-34-37-40-49(53)60-46(42-51)44-58-62(55,56)59-45-47(43-57-48(52)39-36-33-30-27-18-15-12-9-6-3)61-50(54)41-38-35-32-29-26-24-22-20-17-14-11-8-5-2/h19-22,46-47,51H,4-18,23-45H2,1-3H3,(H,55,56)/b21-19-,22-20-. The molecular weight excluding hydrogens is 808 g/mol. The van der Waals surface area contributed by atoms with Crippen LogP contribution in [-0.2, 0) is 42.2 Å². The zero-order valence-electron chi connectivity index (χ0n) is 39.9. The van der Waals surface area contributed by atoms with Crippen LogP contribution in [0.2, 0.25) is 0 Å². The van der Waals surface area contributed by atoms with E-state index in [0.717, 1.165) is 96.3 Å². The third-order valence-electron chi connectivity index (χ3n) is 10.8. The molecule has 12 heteroatoms. The van der Waals surface area contributed by atoms with E-state index in [9.17, 15) is 28.9 Å². The van der Waals surface area contributed by atoms with Crippen LogP contribution >= 0.6 is 7.82 Å². The van der Waals surface area contributed by atoms with Gasteiger partial charge in [0.25, 0.3) is 0 Å². The van der Waals surface area contributed by atoms with Crippen LogP contribution in [0, 0.1) is 0 Å². The van der Waals surface area contributed by atoms with E-state index in [4.69, 9.17) is 23.3 Å². The summed E-state index contributed by atoms with van der Waals surface area (Å²) in [5, 5.41) is 9.75. The number of carbonyl (C=O) groups is 3. The number of allylic oxidation sites excluding steroid dienone is 4. The van der Waals surface area contributed by atoms with Gasteiger partial charge in [0.15, 0.2) is 6.10 Å². The molecule has 0 saturated heterocycles. The maximum Gasteiger partial charge on any atom is 0.472 e. The van der Waals surface area contributed by atoms with Gasteiger partial charge in [-0.25, -0.2) is 4.57 Å². The van der Waals surface area contributed by atoms with Crippen LogP contribution in [0.15, 0.2) is 24.3 Å². The highest BCUT2D eigenvalue weighted by atomic mass is 31.2. The van der Waals surface area contributed by atoms with Crippen LogP contribution in [0.1, 0.15) is 239 Å². The van der Waals surface area contributed by atoms with Crippen molar-refractivity contribution in [2.45, 2.75) is 251 Å². The van der Waals surface area contributed by atoms with Crippen molar-refractivity contribution in [2.24, 2.45) is 0 Å². The lowest BCUT2D eigenvalue weighted by molar-refractivity contribution is -0.161. The summed E-state index contributed by atoms with van der Waals surface area (Å²) in [4.78, 5) is 48.1. The molecule has 0 rings (SSSR count). The molecule has 0 aromatic rings. The molecule has 0 bridgehead atoms. The normalized spacial score (nSPS) is 13.7. The van der Waals surface area contributed by atoms with Crippen LogP contribution in [0.25, 0.3) is 0 Å². The van der Waals surface area contributed by atoms with Crippen molar-refractivity contribution < 1.29 is 52.2 Å². The minimum atomic E-state index is -4.73. The lowest BCUT2D eigenvalue weighted by Crippen LogP contribution is -2.30. The van der Waals surface area contributed by atoms with Gasteiger partial charge in [0.2, 0.25) is 0 Å². The summed E-state index contributed by atoms with van der Waals surface area (Å²) < 4.78 is 39.2. The van der Waals surface area contributed by atoms with E-state index < -0.39 is 57.8 Å². The van der Waals surface area contributed by atoms with Gasteiger partial charge in [0.1, 0.15) is 12.7 Å². The van der Waals surface area contributed by atoms with Gasteiger partial charge >= 0.3 is 25.7 Å². The first kappa shape index (κ1) is 60.0. The molecule has 62 heavy (non-hydrogen) atoms. The number of ether oxygens (including phenoxy) is 3. The molecule has 0 fully saturated rings. The minimum absolute atomic E-state index is 0.161. The largest absolute Gasteiger partial charge is 0.472 e. The molecule has 11 nitrogen and oxygen atoms in total. The summed E-state index contributed by atoms with van der Waals surface area (Å²) in [6, 6.07) is 0. The predicted octanol–water partition coefficient (Wildman–Crippen LogP) is 13.9. The van der Waals surface area contributed by atoms with E-state index in [0.29, 0.717) is 19.3 Å². The van der Waals surface area contributed by atoms with Crippen LogP contribution in [-0.4, -0.2) is 66.5 Å². The second kappa shape index (κ2) is 45.5. The Hall–Kier alpha value is -2.04. The van der Waals surface area contributed by atoms with Crippen LogP contribution in [0.5, 0.6) is 0 Å². The molecule has 0 radical (unpaired) electrons. The van der Waals surface area contributed by atoms with Crippen molar-refractivity contribution in [1.82, 2.24) is 0 Å². The molecule has 0 aromatic carbocycles. The molecule has 3 unspecified atom stereocenters. The Morgan fingerprint density at radius 2 is 0.742 bits per heavy atom. The first-order chi connectivity index (χ1) is 30.2. The number of phosphoric acid groups is 1. The number of aliphatic hydroxyl groups excluding tert-OH is 1. The fraction of sp³-hybridized carbons (Fsp3) is 0.860. The first-order valence-electron chi connectivity index (χ1n) is 25.2. The van der Waals surface area contributed by atoms with Gasteiger partial charge in [-0.3, -0.25) is 23.4 Å². The number of unbranched alkanes of at least 4 members (excludes halogenated alkanes) is 26. The minimum Gasteiger partial charge on any atom is -0.462 e. The van der Waals surface area contributed by atoms with E-state index in [-0.39, 0.29) is 25.9 Å². The van der Waals surface area contributed by atoms with Gasteiger partial charge in [0.05, 0.1) is 19.8 Å². The maximum absolute atomic E-state index is 12.8. The van der Waals surface area contributed by atoms with Crippen molar-refractivity contribution in [2.75, 3.05) is 26.4 Å². The van der Waals surface area contributed by atoms with Crippen molar-refractivity contribution in [3.63, 3.8) is 0 Å². The van der Waals surface area contributed by atoms with Gasteiger partial charge in [-0.1, -0.05) is 173 Å². The Bertz CT molecular complexity index is 1140. The summed E-state index contributed by atoms with van der Waals surface area (Å²) in [7, 11) is -4.73. The van der Waals surface area contributed by atoms with E-state index in [1.807, 2.05) is 0 Å². The molecular formula is C50H93O11P. The number of phosphoric ester groups is 1. The van der Waals surface area contributed by atoms with Crippen LogP contribution in [0.4, 0.5) is 0 Å². The molecule has 0 aliphatic carbocycles. The molecule has 0 heterocycles. The highest BCUT2D eigenvalue weighted by Crippen LogP contribution is 2.43. The van der Waals surface area contributed by atoms with Gasteiger partial charge < -0.3 is 24.2 Å². The number of rotatable bonds is 47. The Morgan fingerprint density at radius 3 is 1.13 bits per heavy atom. The SMILES string of the molecule is CCCCCC/C=C\CCCCCCCC(=O)OC(CO)COP(=O)(O)OCC(COC(=O)CCCCCCCCCCC)OC(=O)CCCCCCC/C=C\CCCCCC. The molecule has 0 aromatic heterocycles. The summed E-state index contributed by atoms with van der Waals surface area (Å²) in [5.74, 6) is -1.47. The Kier molecular flexibility index (Phi) is 44.0. The number of hydrogen-bond acceptors (Lipinski definition) is 10. The average Bonchev–Trinajstić information content (AvgIpc) is 3.25. The zero-order chi connectivity index (χ0) is 45.6. The molecule has 0 spiro atoms. The van der Waals surface area contributed by atoms with Gasteiger partial charge in [0, 0.05) is 19.3 Å².